The fourth-order valence-corrected chi connectivity index (χ4v) is 6.61. The number of Topliss-reactive ketones (excluding diaryl/α,β-unsaturated/α-hetero) is 1. The van der Waals surface area contributed by atoms with E-state index in [2.05, 4.69) is 6.92 Å². The first-order valence-corrected chi connectivity index (χ1v) is 9.75. The highest BCUT2D eigenvalue weighted by atomic mass is 16.6. The van der Waals surface area contributed by atoms with Gasteiger partial charge in [0.1, 0.15) is 5.60 Å². The Balaban J connectivity index is 1.67. The number of aliphatic hydroxyl groups is 2. The predicted octanol–water partition coefficient (Wildman–Crippen LogP) is 4.00. The molecule has 0 amide bonds. The van der Waals surface area contributed by atoms with Crippen LogP contribution < -0.4 is 0 Å². The highest BCUT2D eigenvalue weighted by molar-refractivity contribution is 5.96. The third-order valence-corrected chi connectivity index (χ3v) is 8.10. The largest absolute Gasteiger partial charge is 0.515 e. The van der Waals surface area contributed by atoms with E-state index in [-0.39, 0.29) is 17.1 Å². The molecule has 0 radical (unpaired) electrons. The van der Waals surface area contributed by atoms with Crippen LogP contribution in [0.2, 0.25) is 0 Å². The van der Waals surface area contributed by atoms with Crippen molar-refractivity contribution in [2.24, 2.45) is 29.1 Å². The Bertz CT molecular complexity index is 707. The van der Waals surface area contributed by atoms with Crippen molar-refractivity contribution in [1.82, 2.24) is 0 Å². The van der Waals surface area contributed by atoms with E-state index in [1.807, 2.05) is 6.92 Å². The van der Waals surface area contributed by atoms with Gasteiger partial charge in [0.05, 0.1) is 18.1 Å². The van der Waals surface area contributed by atoms with E-state index >= 15 is 0 Å². The quantitative estimate of drug-likeness (QED) is 0.387. The Labute approximate surface area is 154 Å². The number of allylic oxidation sites excluding steroid dienone is 1. The van der Waals surface area contributed by atoms with E-state index in [1.165, 1.54) is 0 Å². The zero-order valence-electron chi connectivity index (χ0n) is 15.5. The second-order valence-electron chi connectivity index (χ2n) is 9.21. The second-order valence-corrected chi connectivity index (χ2v) is 9.21. The maximum atomic E-state index is 12.3. The first kappa shape index (κ1) is 17.6. The van der Waals surface area contributed by atoms with E-state index in [9.17, 15) is 19.8 Å². The van der Waals surface area contributed by atoms with E-state index in [0.717, 1.165) is 38.2 Å². The zero-order chi connectivity index (χ0) is 18.7. The van der Waals surface area contributed by atoms with Gasteiger partial charge in [-0.15, -0.1) is 0 Å². The van der Waals surface area contributed by atoms with Crippen molar-refractivity contribution >= 4 is 11.8 Å². The Morgan fingerprint density at radius 2 is 1.73 bits per heavy atom. The Morgan fingerprint density at radius 3 is 2.42 bits per heavy atom. The third kappa shape index (κ3) is 2.35. The van der Waals surface area contributed by atoms with Crippen molar-refractivity contribution in [2.75, 3.05) is 0 Å². The van der Waals surface area contributed by atoms with Crippen LogP contribution in [0, 0.1) is 29.1 Å². The van der Waals surface area contributed by atoms with Crippen molar-refractivity contribution in [1.29, 1.82) is 0 Å². The number of hydrogen-bond acceptors (Lipinski definition) is 5. The molecule has 0 aromatic carbocycles. The summed E-state index contributed by atoms with van der Waals surface area (Å²) < 4.78 is 5.79. The summed E-state index contributed by atoms with van der Waals surface area (Å²) in [6.07, 6.45) is 7.48. The normalized spacial score (nSPS) is 48.5. The predicted molar refractivity (Wildman–Crippen MR) is 95.3 cm³/mol. The average Bonchev–Trinajstić information content (AvgIpc) is 2.60. The van der Waals surface area contributed by atoms with Gasteiger partial charge in [0.15, 0.2) is 5.78 Å². The number of esters is 1. The lowest BCUT2D eigenvalue weighted by atomic mass is 9.45. The molecule has 3 saturated carbocycles. The highest BCUT2D eigenvalue weighted by Crippen LogP contribution is 2.63. The van der Waals surface area contributed by atoms with Gasteiger partial charge in [-0.3, -0.25) is 4.79 Å². The number of ketones is 1. The minimum Gasteiger partial charge on any atom is -0.515 e. The second kappa shape index (κ2) is 5.86. The van der Waals surface area contributed by atoms with Crippen LogP contribution >= 0.6 is 0 Å². The Morgan fingerprint density at radius 1 is 1.00 bits per heavy atom. The summed E-state index contributed by atoms with van der Waals surface area (Å²) in [5.74, 6) is 1.12. The topological polar surface area (TPSA) is 83.8 Å². The lowest BCUT2D eigenvalue weighted by molar-refractivity contribution is -0.193. The summed E-state index contributed by atoms with van der Waals surface area (Å²) >= 11 is 0. The van der Waals surface area contributed by atoms with Crippen molar-refractivity contribution in [3.05, 3.63) is 23.7 Å². The zero-order valence-corrected chi connectivity index (χ0v) is 15.5. The van der Waals surface area contributed by atoms with E-state index in [1.54, 1.807) is 0 Å². The summed E-state index contributed by atoms with van der Waals surface area (Å²) in [6.45, 7) is 4.32. The molecule has 5 heteroatoms. The fourth-order valence-electron chi connectivity index (χ4n) is 6.61. The van der Waals surface area contributed by atoms with Crippen molar-refractivity contribution in [3.63, 3.8) is 0 Å². The van der Waals surface area contributed by atoms with Gasteiger partial charge in [-0.05, 0) is 68.6 Å². The van der Waals surface area contributed by atoms with E-state index in [4.69, 9.17) is 4.74 Å². The number of carbonyl (C=O) groups is 2. The molecule has 0 bridgehead atoms. The highest BCUT2D eigenvalue weighted by Gasteiger charge is 2.60. The Kier molecular flexibility index (Phi) is 3.97. The van der Waals surface area contributed by atoms with E-state index in [0.29, 0.717) is 48.2 Å². The molecule has 6 atom stereocenters. The molecule has 26 heavy (non-hydrogen) atoms. The average molecular weight is 360 g/mol. The molecule has 0 spiro atoms. The van der Waals surface area contributed by atoms with Crippen LogP contribution in [0.3, 0.4) is 0 Å². The number of aliphatic hydroxyl groups excluding tert-OH is 2. The van der Waals surface area contributed by atoms with Gasteiger partial charge < -0.3 is 14.9 Å². The maximum absolute atomic E-state index is 12.3. The molecule has 2 N–H and O–H groups in total. The molecule has 1 saturated heterocycles. The molecule has 4 fully saturated rings. The standard InChI is InChI=1S/C21H28O5/c1-20-9-13(11-23)18(24)8-14(20)3-4-15-16(20)5-6-21(2)17(15)7-12(10-22)19(25)26-21/h10-11,14-17,22-23H,3-9H2,1-2H3/t14-,15+,16-,17-,20-,21-/m0/s1. The molecule has 0 aromatic heterocycles. The lowest BCUT2D eigenvalue weighted by Gasteiger charge is -2.61. The maximum Gasteiger partial charge on any atom is 0.337 e. The minimum atomic E-state index is -0.464. The smallest absolute Gasteiger partial charge is 0.337 e. The first-order valence-electron chi connectivity index (χ1n) is 9.75. The van der Waals surface area contributed by atoms with Crippen LogP contribution in [-0.4, -0.2) is 27.6 Å². The number of ether oxygens (including phenoxy) is 1. The number of fused-ring (bicyclic) bond motifs is 5. The number of carbonyl (C=O) groups excluding carboxylic acids is 2. The molecule has 0 unspecified atom stereocenters. The first-order chi connectivity index (χ1) is 12.3. The van der Waals surface area contributed by atoms with Gasteiger partial charge in [0.25, 0.3) is 0 Å². The van der Waals surface area contributed by atoms with Crippen molar-refractivity contribution in [2.45, 2.75) is 64.4 Å². The molecule has 5 nitrogen and oxygen atoms in total. The van der Waals surface area contributed by atoms with Crippen LogP contribution in [0.1, 0.15) is 58.8 Å². The summed E-state index contributed by atoms with van der Waals surface area (Å²) in [6, 6.07) is 0. The molecule has 1 aliphatic heterocycles. The van der Waals surface area contributed by atoms with Gasteiger partial charge in [0.2, 0.25) is 0 Å². The molecular weight excluding hydrogens is 332 g/mol. The van der Waals surface area contributed by atoms with Crippen LogP contribution in [0.4, 0.5) is 0 Å². The van der Waals surface area contributed by atoms with Gasteiger partial charge in [-0.25, -0.2) is 4.79 Å². The molecule has 4 rings (SSSR count). The Hall–Kier alpha value is -1.78. The van der Waals surface area contributed by atoms with Gasteiger partial charge in [0, 0.05) is 17.9 Å². The van der Waals surface area contributed by atoms with Gasteiger partial charge in [-0.2, -0.15) is 0 Å². The van der Waals surface area contributed by atoms with Crippen LogP contribution in [-0.2, 0) is 14.3 Å². The number of hydrogen-bond donors (Lipinski definition) is 2. The van der Waals surface area contributed by atoms with Gasteiger partial charge in [-0.1, -0.05) is 6.92 Å². The van der Waals surface area contributed by atoms with Crippen LogP contribution in [0.5, 0.6) is 0 Å². The van der Waals surface area contributed by atoms with Gasteiger partial charge >= 0.3 is 5.97 Å². The summed E-state index contributed by atoms with van der Waals surface area (Å²) in [5, 5.41) is 18.9. The lowest BCUT2D eigenvalue weighted by Crippen LogP contribution is -2.58. The monoisotopic (exact) mass is 360 g/mol. The molecular formula is C21H28O5. The number of rotatable bonds is 0. The summed E-state index contributed by atoms with van der Waals surface area (Å²) in [5.41, 5.74) is 0.463. The van der Waals surface area contributed by atoms with Crippen molar-refractivity contribution in [3.8, 4) is 0 Å². The van der Waals surface area contributed by atoms with Crippen LogP contribution in [0.15, 0.2) is 23.7 Å². The third-order valence-electron chi connectivity index (χ3n) is 8.10. The summed E-state index contributed by atoms with van der Waals surface area (Å²) in [4.78, 5) is 24.4. The minimum absolute atomic E-state index is 0.00271. The SMILES string of the molecule is C[C@]12CC(=CO)C(=O)C[C@@H]1CC[C@@H]1[C@@H]2CC[C@]2(C)OC(=O)C(=CO)C[C@@H]12. The van der Waals surface area contributed by atoms with E-state index < -0.39 is 11.6 Å². The molecule has 142 valence electrons. The molecule has 4 aliphatic rings. The van der Waals surface area contributed by atoms with Crippen molar-refractivity contribution < 1.29 is 24.5 Å². The van der Waals surface area contributed by atoms with Crippen LogP contribution in [0.25, 0.3) is 0 Å². The molecule has 0 aromatic rings. The summed E-state index contributed by atoms with van der Waals surface area (Å²) in [7, 11) is 0. The molecule has 1 heterocycles. The fraction of sp³-hybridized carbons (Fsp3) is 0.714. The molecule has 3 aliphatic carbocycles.